The third-order valence-electron chi connectivity index (χ3n) is 4.98. The Morgan fingerprint density at radius 3 is 1.48 bits per heavy atom. The number of oxazole rings is 2. The van der Waals surface area contributed by atoms with Crippen molar-refractivity contribution in [2.75, 3.05) is 26.2 Å². The lowest BCUT2D eigenvalue weighted by Crippen LogP contribution is -2.30. The lowest BCUT2D eigenvalue weighted by molar-refractivity contribution is 0.215. The number of hydrogen-bond donors (Lipinski definition) is 0. The van der Waals surface area contributed by atoms with Crippen molar-refractivity contribution in [1.82, 2.24) is 19.8 Å². The summed E-state index contributed by atoms with van der Waals surface area (Å²) in [5, 5.41) is 0. The SMILES string of the molecule is CC(C)(C)c1cnc(CN2CCCN(Cc3ncc(C(C)(C)C)o3)CC2)o1. The minimum Gasteiger partial charge on any atom is -0.444 e. The van der Waals surface area contributed by atoms with Crippen LogP contribution in [0.1, 0.15) is 71.3 Å². The van der Waals surface area contributed by atoms with Gasteiger partial charge in [0.2, 0.25) is 11.8 Å². The number of rotatable bonds is 4. The zero-order chi connectivity index (χ0) is 19.7. The average molecular weight is 375 g/mol. The van der Waals surface area contributed by atoms with Crippen molar-refractivity contribution in [2.45, 2.75) is 71.9 Å². The lowest BCUT2D eigenvalue weighted by atomic mass is 9.94. The standard InChI is InChI=1S/C21H34N4O2/c1-20(2,3)16-12-22-18(26-16)14-24-8-7-9-25(11-10-24)15-19-23-13-17(27-19)21(4,5)6/h12-13H,7-11,14-15H2,1-6H3. The molecule has 3 rings (SSSR count). The third kappa shape index (κ3) is 5.42. The molecular weight excluding hydrogens is 340 g/mol. The molecule has 0 amide bonds. The fourth-order valence-corrected chi connectivity index (χ4v) is 3.18. The summed E-state index contributed by atoms with van der Waals surface area (Å²) in [5.74, 6) is 3.53. The molecule has 0 saturated carbocycles. The van der Waals surface area contributed by atoms with E-state index in [0.717, 1.165) is 69.0 Å². The van der Waals surface area contributed by atoms with Gasteiger partial charge in [-0.15, -0.1) is 0 Å². The van der Waals surface area contributed by atoms with Crippen LogP contribution in [-0.4, -0.2) is 45.9 Å². The Hall–Kier alpha value is -1.66. The normalized spacial score (nSPS) is 18.0. The quantitative estimate of drug-likeness (QED) is 0.807. The summed E-state index contributed by atoms with van der Waals surface area (Å²) in [4.78, 5) is 13.8. The van der Waals surface area contributed by atoms with E-state index in [2.05, 4.69) is 61.3 Å². The third-order valence-corrected chi connectivity index (χ3v) is 4.98. The molecule has 0 spiro atoms. The van der Waals surface area contributed by atoms with Crippen molar-refractivity contribution in [3.63, 3.8) is 0 Å². The molecule has 3 heterocycles. The molecule has 2 aromatic heterocycles. The second kappa shape index (κ2) is 7.76. The van der Waals surface area contributed by atoms with Crippen LogP contribution >= 0.6 is 0 Å². The summed E-state index contributed by atoms with van der Waals surface area (Å²) >= 11 is 0. The Morgan fingerprint density at radius 2 is 1.15 bits per heavy atom. The molecule has 1 saturated heterocycles. The maximum absolute atomic E-state index is 5.96. The molecule has 6 nitrogen and oxygen atoms in total. The molecule has 1 fully saturated rings. The number of hydrogen-bond acceptors (Lipinski definition) is 6. The summed E-state index contributed by atoms with van der Waals surface area (Å²) < 4.78 is 11.9. The van der Waals surface area contributed by atoms with Gasteiger partial charge in [0.05, 0.1) is 25.5 Å². The summed E-state index contributed by atoms with van der Waals surface area (Å²) in [6.07, 6.45) is 4.86. The molecule has 27 heavy (non-hydrogen) atoms. The summed E-state index contributed by atoms with van der Waals surface area (Å²) in [5.41, 5.74) is 0.00553. The summed E-state index contributed by atoms with van der Waals surface area (Å²) in [6.45, 7) is 18.6. The van der Waals surface area contributed by atoms with E-state index in [1.54, 1.807) is 0 Å². The van der Waals surface area contributed by atoms with E-state index in [-0.39, 0.29) is 10.8 Å². The van der Waals surface area contributed by atoms with Crippen LogP contribution in [0.3, 0.4) is 0 Å². The van der Waals surface area contributed by atoms with Crippen LogP contribution in [0, 0.1) is 0 Å². The Balaban J connectivity index is 1.53. The van der Waals surface area contributed by atoms with Crippen molar-refractivity contribution < 1.29 is 8.83 Å². The van der Waals surface area contributed by atoms with Gasteiger partial charge >= 0.3 is 0 Å². The first-order valence-corrected chi connectivity index (χ1v) is 9.96. The van der Waals surface area contributed by atoms with Crippen molar-refractivity contribution in [3.8, 4) is 0 Å². The van der Waals surface area contributed by atoms with E-state index >= 15 is 0 Å². The Labute approximate surface area is 163 Å². The monoisotopic (exact) mass is 374 g/mol. The van der Waals surface area contributed by atoms with Crippen molar-refractivity contribution in [1.29, 1.82) is 0 Å². The Bertz CT molecular complexity index is 674. The molecule has 6 heteroatoms. The van der Waals surface area contributed by atoms with Gasteiger partial charge in [-0.25, -0.2) is 9.97 Å². The summed E-state index contributed by atoms with van der Waals surface area (Å²) in [7, 11) is 0. The fraction of sp³-hybridized carbons (Fsp3) is 0.714. The molecule has 1 aliphatic heterocycles. The Kier molecular flexibility index (Phi) is 5.77. The molecule has 0 radical (unpaired) electrons. The van der Waals surface area contributed by atoms with Crippen LogP contribution < -0.4 is 0 Å². The largest absolute Gasteiger partial charge is 0.444 e. The van der Waals surface area contributed by atoms with Crippen LogP contribution in [0.2, 0.25) is 0 Å². The molecule has 0 atom stereocenters. The molecule has 150 valence electrons. The maximum Gasteiger partial charge on any atom is 0.208 e. The van der Waals surface area contributed by atoms with Crippen LogP contribution in [0.5, 0.6) is 0 Å². The van der Waals surface area contributed by atoms with Gasteiger partial charge in [0.15, 0.2) is 0 Å². The average Bonchev–Trinajstić information content (AvgIpc) is 3.15. The second-order valence-corrected chi connectivity index (χ2v) is 9.64. The van der Waals surface area contributed by atoms with Gasteiger partial charge in [-0.3, -0.25) is 9.80 Å². The minimum atomic E-state index is 0.00276. The Morgan fingerprint density at radius 1 is 0.741 bits per heavy atom. The highest BCUT2D eigenvalue weighted by atomic mass is 16.4. The van der Waals surface area contributed by atoms with E-state index in [4.69, 9.17) is 8.83 Å². The van der Waals surface area contributed by atoms with E-state index in [1.807, 2.05) is 12.4 Å². The topological polar surface area (TPSA) is 58.5 Å². The lowest BCUT2D eigenvalue weighted by Gasteiger charge is -2.20. The second-order valence-electron chi connectivity index (χ2n) is 9.64. The molecular formula is C21H34N4O2. The summed E-state index contributed by atoms with van der Waals surface area (Å²) in [6, 6.07) is 0. The molecule has 0 unspecified atom stereocenters. The van der Waals surface area contributed by atoms with Gasteiger partial charge in [-0.2, -0.15) is 0 Å². The van der Waals surface area contributed by atoms with Gasteiger partial charge < -0.3 is 8.83 Å². The van der Waals surface area contributed by atoms with E-state index in [1.165, 1.54) is 0 Å². The molecule has 1 aliphatic rings. The van der Waals surface area contributed by atoms with E-state index in [0.29, 0.717) is 0 Å². The van der Waals surface area contributed by atoms with Crippen LogP contribution in [0.25, 0.3) is 0 Å². The van der Waals surface area contributed by atoms with Gasteiger partial charge in [-0.1, -0.05) is 41.5 Å². The van der Waals surface area contributed by atoms with Gasteiger partial charge in [0.25, 0.3) is 0 Å². The highest BCUT2D eigenvalue weighted by molar-refractivity contribution is 5.07. The first-order valence-electron chi connectivity index (χ1n) is 9.96. The van der Waals surface area contributed by atoms with E-state index in [9.17, 15) is 0 Å². The molecule has 0 aromatic carbocycles. The predicted octanol–water partition coefficient (Wildman–Crippen LogP) is 3.97. The van der Waals surface area contributed by atoms with Crippen molar-refractivity contribution in [2.24, 2.45) is 0 Å². The fourth-order valence-electron chi connectivity index (χ4n) is 3.18. The zero-order valence-electron chi connectivity index (χ0n) is 17.7. The van der Waals surface area contributed by atoms with E-state index < -0.39 is 0 Å². The minimum absolute atomic E-state index is 0.00276. The van der Waals surface area contributed by atoms with Crippen molar-refractivity contribution in [3.05, 3.63) is 35.7 Å². The molecule has 0 aliphatic carbocycles. The maximum atomic E-state index is 5.96. The van der Waals surface area contributed by atoms with Crippen molar-refractivity contribution >= 4 is 0 Å². The van der Waals surface area contributed by atoms with Gasteiger partial charge in [-0.05, 0) is 19.5 Å². The first-order chi connectivity index (χ1) is 12.6. The zero-order valence-corrected chi connectivity index (χ0v) is 17.7. The van der Waals surface area contributed by atoms with Crippen LogP contribution in [-0.2, 0) is 23.9 Å². The molecule has 0 N–H and O–H groups in total. The molecule has 0 bridgehead atoms. The van der Waals surface area contributed by atoms with Gasteiger partial charge in [0.1, 0.15) is 11.5 Å². The highest BCUT2D eigenvalue weighted by Crippen LogP contribution is 2.24. The predicted molar refractivity (Wildman–Crippen MR) is 106 cm³/mol. The highest BCUT2D eigenvalue weighted by Gasteiger charge is 2.23. The number of nitrogens with zero attached hydrogens (tertiary/aromatic N) is 4. The smallest absolute Gasteiger partial charge is 0.208 e. The van der Waals surface area contributed by atoms with Crippen LogP contribution in [0.4, 0.5) is 0 Å². The number of aromatic nitrogens is 2. The van der Waals surface area contributed by atoms with Gasteiger partial charge in [0, 0.05) is 23.9 Å². The first kappa shape index (κ1) is 20.1. The van der Waals surface area contributed by atoms with Crippen LogP contribution in [0.15, 0.2) is 21.2 Å². The molecule has 2 aromatic rings.